The molecule has 0 amide bonds. The summed E-state index contributed by atoms with van der Waals surface area (Å²) in [6, 6.07) is 0.566. The van der Waals surface area contributed by atoms with E-state index in [0.29, 0.717) is 6.04 Å². The quantitative estimate of drug-likeness (QED) is 0.656. The molecular formula is C18H32N6. The summed E-state index contributed by atoms with van der Waals surface area (Å²) >= 11 is 0. The lowest BCUT2D eigenvalue weighted by molar-refractivity contribution is 0.329. The highest BCUT2D eigenvalue weighted by atomic mass is 15.3. The highest BCUT2D eigenvalue weighted by Crippen LogP contribution is 2.23. The first-order valence-corrected chi connectivity index (χ1v) is 9.64. The third kappa shape index (κ3) is 4.48. The smallest absolute Gasteiger partial charge is 0.191 e. The number of hydrogen-bond acceptors (Lipinski definition) is 3. The van der Waals surface area contributed by atoms with Crippen molar-refractivity contribution in [1.82, 2.24) is 25.4 Å². The van der Waals surface area contributed by atoms with Crippen LogP contribution >= 0.6 is 0 Å². The first-order chi connectivity index (χ1) is 11.8. The minimum absolute atomic E-state index is 0.566. The minimum Gasteiger partial charge on any atom is -0.356 e. The Kier molecular flexibility index (Phi) is 6.10. The van der Waals surface area contributed by atoms with Crippen LogP contribution < -0.4 is 10.6 Å². The summed E-state index contributed by atoms with van der Waals surface area (Å²) in [7, 11) is 1.85. The largest absolute Gasteiger partial charge is 0.356 e. The average molecular weight is 332 g/mol. The standard InChI is InChI=1S/C18H32N6/c1-14-7-9-15(10-8-14)21-18(19-2)20-12-11-17-23-22-16-6-4-3-5-13-24(16)17/h14-15H,3-13H2,1-2H3,(H2,19,20,21). The summed E-state index contributed by atoms with van der Waals surface area (Å²) in [6.45, 7) is 4.27. The van der Waals surface area contributed by atoms with Crippen molar-refractivity contribution in [2.24, 2.45) is 10.9 Å². The molecule has 0 spiro atoms. The molecule has 0 radical (unpaired) electrons. The monoisotopic (exact) mass is 332 g/mol. The van der Waals surface area contributed by atoms with Crippen LogP contribution in [0.3, 0.4) is 0 Å². The molecule has 1 aliphatic heterocycles. The highest BCUT2D eigenvalue weighted by Gasteiger charge is 2.19. The fraction of sp³-hybridized carbons (Fsp3) is 0.833. The van der Waals surface area contributed by atoms with E-state index >= 15 is 0 Å². The molecule has 6 nitrogen and oxygen atoms in total. The van der Waals surface area contributed by atoms with Crippen molar-refractivity contribution in [3.8, 4) is 0 Å². The lowest BCUT2D eigenvalue weighted by Crippen LogP contribution is -2.45. The molecule has 3 rings (SSSR count). The van der Waals surface area contributed by atoms with Gasteiger partial charge in [0, 0.05) is 39.0 Å². The highest BCUT2D eigenvalue weighted by molar-refractivity contribution is 5.79. The van der Waals surface area contributed by atoms with E-state index in [1.807, 2.05) is 7.05 Å². The molecule has 1 aliphatic carbocycles. The van der Waals surface area contributed by atoms with Crippen LogP contribution in [-0.2, 0) is 19.4 Å². The summed E-state index contributed by atoms with van der Waals surface area (Å²) in [5, 5.41) is 15.8. The zero-order valence-electron chi connectivity index (χ0n) is 15.2. The molecule has 2 N–H and O–H groups in total. The van der Waals surface area contributed by atoms with Crippen molar-refractivity contribution in [2.75, 3.05) is 13.6 Å². The lowest BCUT2D eigenvalue weighted by atomic mass is 9.87. The van der Waals surface area contributed by atoms with Gasteiger partial charge in [-0.1, -0.05) is 13.3 Å². The number of aryl methyl sites for hydroxylation is 1. The zero-order chi connectivity index (χ0) is 16.8. The summed E-state index contributed by atoms with van der Waals surface area (Å²) in [4.78, 5) is 4.37. The first-order valence-electron chi connectivity index (χ1n) is 9.64. The second-order valence-electron chi connectivity index (χ2n) is 7.34. The van der Waals surface area contributed by atoms with E-state index in [1.165, 1.54) is 50.8 Å². The normalized spacial score (nSPS) is 25.0. The van der Waals surface area contributed by atoms with Crippen LogP contribution in [0.4, 0.5) is 0 Å². The van der Waals surface area contributed by atoms with Crippen molar-refractivity contribution in [3.63, 3.8) is 0 Å². The van der Waals surface area contributed by atoms with Gasteiger partial charge in [0.25, 0.3) is 0 Å². The number of nitrogens with zero attached hydrogens (tertiary/aromatic N) is 4. The van der Waals surface area contributed by atoms with Crippen molar-refractivity contribution in [3.05, 3.63) is 11.6 Å². The molecule has 1 fully saturated rings. The van der Waals surface area contributed by atoms with Gasteiger partial charge >= 0.3 is 0 Å². The van der Waals surface area contributed by atoms with E-state index in [1.54, 1.807) is 0 Å². The van der Waals surface area contributed by atoms with E-state index in [4.69, 9.17) is 0 Å². The molecule has 24 heavy (non-hydrogen) atoms. The van der Waals surface area contributed by atoms with Crippen molar-refractivity contribution >= 4 is 5.96 Å². The minimum atomic E-state index is 0.566. The van der Waals surface area contributed by atoms with Crippen LogP contribution in [0.1, 0.15) is 63.5 Å². The molecule has 0 atom stereocenters. The van der Waals surface area contributed by atoms with Gasteiger partial charge in [-0.05, 0) is 44.4 Å². The van der Waals surface area contributed by atoms with E-state index < -0.39 is 0 Å². The van der Waals surface area contributed by atoms with Gasteiger partial charge in [0.1, 0.15) is 11.6 Å². The van der Waals surface area contributed by atoms with Gasteiger partial charge in [-0.3, -0.25) is 4.99 Å². The van der Waals surface area contributed by atoms with Gasteiger partial charge in [-0.25, -0.2) is 0 Å². The molecule has 6 heteroatoms. The predicted octanol–water partition coefficient (Wildman–Crippen LogP) is 2.29. The number of aromatic nitrogens is 3. The zero-order valence-corrected chi connectivity index (χ0v) is 15.2. The van der Waals surface area contributed by atoms with Crippen molar-refractivity contribution in [2.45, 2.75) is 77.3 Å². The molecule has 1 aromatic rings. The maximum absolute atomic E-state index is 4.40. The predicted molar refractivity (Wildman–Crippen MR) is 97.2 cm³/mol. The molecule has 0 bridgehead atoms. The molecular weight excluding hydrogens is 300 g/mol. The molecule has 0 unspecified atom stereocenters. The fourth-order valence-corrected chi connectivity index (χ4v) is 3.82. The van der Waals surface area contributed by atoms with E-state index in [0.717, 1.165) is 43.6 Å². The Hall–Kier alpha value is -1.59. The number of guanidine groups is 1. The van der Waals surface area contributed by atoms with Crippen LogP contribution in [0.2, 0.25) is 0 Å². The third-order valence-electron chi connectivity index (χ3n) is 5.41. The Balaban J connectivity index is 1.46. The van der Waals surface area contributed by atoms with Gasteiger partial charge < -0.3 is 15.2 Å². The van der Waals surface area contributed by atoms with E-state index in [-0.39, 0.29) is 0 Å². The van der Waals surface area contributed by atoms with Crippen LogP contribution in [0, 0.1) is 5.92 Å². The van der Waals surface area contributed by atoms with E-state index in [2.05, 4.69) is 37.3 Å². The van der Waals surface area contributed by atoms with Crippen LogP contribution in [0.5, 0.6) is 0 Å². The lowest BCUT2D eigenvalue weighted by Gasteiger charge is -2.28. The van der Waals surface area contributed by atoms with Crippen molar-refractivity contribution in [1.29, 1.82) is 0 Å². The summed E-state index contributed by atoms with van der Waals surface area (Å²) in [6.07, 6.45) is 10.9. The van der Waals surface area contributed by atoms with Gasteiger partial charge in [0.2, 0.25) is 0 Å². The van der Waals surface area contributed by atoms with Gasteiger partial charge in [0.15, 0.2) is 5.96 Å². The second-order valence-corrected chi connectivity index (χ2v) is 7.34. The first kappa shape index (κ1) is 17.2. The molecule has 0 aromatic carbocycles. The Morgan fingerprint density at radius 2 is 2.00 bits per heavy atom. The number of aliphatic imine (C=N–C) groups is 1. The Bertz CT molecular complexity index is 542. The Morgan fingerprint density at radius 3 is 2.79 bits per heavy atom. The van der Waals surface area contributed by atoms with Crippen molar-refractivity contribution < 1.29 is 0 Å². The molecule has 0 saturated heterocycles. The number of rotatable bonds is 4. The molecule has 2 aliphatic rings. The maximum Gasteiger partial charge on any atom is 0.191 e. The Morgan fingerprint density at radius 1 is 1.17 bits per heavy atom. The maximum atomic E-state index is 4.40. The fourth-order valence-electron chi connectivity index (χ4n) is 3.82. The second kappa shape index (κ2) is 8.49. The Labute approximate surface area is 145 Å². The van der Waals surface area contributed by atoms with E-state index in [9.17, 15) is 0 Å². The van der Waals surface area contributed by atoms with Gasteiger partial charge in [-0.2, -0.15) is 0 Å². The average Bonchev–Trinajstić information content (AvgIpc) is 2.82. The third-order valence-corrected chi connectivity index (χ3v) is 5.41. The van der Waals surface area contributed by atoms with Gasteiger partial charge in [-0.15, -0.1) is 10.2 Å². The van der Waals surface area contributed by atoms with Crippen LogP contribution in [0.15, 0.2) is 4.99 Å². The van der Waals surface area contributed by atoms with Crippen LogP contribution in [0.25, 0.3) is 0 Å². The van der Waals surface area contributed by atoms with Crippen LogP contribution in [-0.4, -0.2) is 40.4 Å². The SMILES string of the molecule is CN=C(NCCc1nnc2n1CCCCC2)NC1CCC(C)CC1. The number of nitrogens with one attached hydrogen (secondary N) is 2. The van der Waals surface area contributed by atoms with Gasteiger partial charge in [0.05, 0.1) is 0 Å². The molecule has 2 heterocycles. The number of fused-ring (bicyclic) bond motifs is 1. The summed E-state index contributed by atoms with van der Waals surface area (Å²) in [5.74, 6) is 4.08. The summed E-state index contributed by atoms with van der Waals surface area (Å²) < 4.78 is 2.33. The molecule has 134 valence electrons. The number of hydrogen-bond donors (Lipinski definition) is 2. The molecule has 1 aromatic heterocycles. The molecule has 1 saturated carbocycles. The topological polar surface area (TPSA) is 67.1 Å². The summed E-state index contributed by atoms with van der Waals surface area (Å²) in [5.41, 5.74) is 0.